The van der Waals surface area contributed by atoms with Crippen molar-refractivity contribution in [1.82, 2.24) is 5.32 Å². The maximum Gasteiger partial charge on any atom is 0.222 e. The Hall–Kier alpha value is -1.84. The van der Waals surface area contributed by atoms with E-state index in [1.54, 1.807) is 37.5 Å². The average Bonchev–Trinajstić information content (AvgIpc) is 2.28. The lowest BCUT2D eigenvalue weighted by Crippen LogP contribution is -2.33. The molecule has 85 valence electrons. The molecule has 0 bridgehead atoms. The summed E-state index contributed by atoms with van der Waals surface area (Å²) in [5.41, 5.74) is 0.968. The van der Waals surface area contributed by atoms with E-state index in [0.717, 1.165) is 5.56 Å². The zero-order valence-corrected chi connectivity index (χ0v) is 9.06. The predicted molar refractivity (Wildman–Crippen MR) is 59.7 cm³/mol. The number of carbonyl (C=O) groups is 1. The first-order chi connectivity index (χ1) is 7.61. The van der Waals surface area contributed by atoms with Gasteiger partial charge >= 0.3 is 0 Å². The number of nitrogens with one attached hydrogen (secondary N) is 1. The second-order valence-electron chi connectivity index (χ2n) is 3.57. The molecule has 1 aromatic carbocycles. The van der Waals surface area contributed by atoms with E-state index in [0.29, 0.717) is 12.8 Å². The first-order valence-corrected chi connectivity index (χ1v) is 5.07. The van der Waals surface area contributed by atoms with E-state index in [9.17, 15) is 9.59 Å². The molecule has 0 aliphatic heterocycles. The van der Waals surface area contributed by atoms with E-state index in [1.165, 1.54) is 0 Å². The van der Waals surface area contributed by atoms with Gasteiger partial charge in [0.2, 0.25) is 12.2 Å². The van der Waals surface area contributed by atoms with Crippen molar-refractivity contribution in [2.24, 2.45) is 0 Å². The van der Waals surface area contributed by atoms with Gasteiger partial charge in [-0.3, -0.25) is 9.59 Å². The van der Waals surface area contributed by atoms with Crippen molar-refractivity contribution in [2.45, 2.75) is 25.8 Å². The molecule has 1 rings (SSSR count). The number of hydrogen-bond acceptors (Lipinski definition) is 3. The third-order valence-electron chi connectivity index (χ3n) is 2.13. The third-order valence-corrected chi connectivity index (χ3v) is 2.13. The highest BCUT2D eigenvalue weighted by atomic mass is 16.3. The Labute approximate surface area is 94.3 Å². The summed E-state index contributed by atoms with van der Waals surface area (Å²) in [6, 6.07) is 6.12. The quantitative estimate of drug-likeness (QED) is 0.776. The van der Waals surface area contributed by atoms with E-state index in [1.807, 2.05) is 0 Å². The molecule has 1 atom stereocenters. The molecule has 0 fully saturated rings. The van der Waals surface area contributed by atoms with Crippen LogP contribution in [-0.2, 0) is 16.0 Å². The topological polar surface area (TPSA) is 66.4 Å². The molecule has 0 saturated heterocycles. The molecule has 1 amide bonds. The van der Waals surface area contributed by atoms with Gasteiger partial charge in [-0.2, -0.15) is 0 Å². The summed E-state index contributed by atoms with van der Waals surface area (Å²) in [6.07, 6.45) is 2.58. The van der Waals surface area contributed by atoms with Gasteiger partial charge in [0.25, 0.3) is 0 Å². The first-order valence-electron chi connectivity index (χ1n) is 5.07. The smallest absolute Gasteiger partial charge is 0.222 e. The summed E-state index contributed by atoms with van der Waals surface area (Å²) < 4.78 is 0. The molecule has 0 unspecified atom stereocenters. The van der Waals surface area contributed by atoms with Crippen LogP contribution in [0.4, 0.5) is 0 Å². The van der Waals surface area contributed by atoms with E-state index in [4.69, 9.17) is 5.11 Å². The lowest BCUT2D eigenvalue weighted by molar-refractivity contribution is -0.121. The first kappa shape index (κ1) is 12.2. The fraction of sp³-hybridized carbons (Fsp3) is 0.333. The molecule has 4 nitrogen and oxygen atoms in total. The minimum atomic E-state index is -0.563. The number of aromatic hydroxyl groups is 1. The summed E-state index contributed by atoms with van der Waals surface area (Å²) in [6.45, 7) is 1.57. The Balaban J connectivity index is 2.37. The van der Waals surface area contributed by atoms with Gasteiger partial charge in [0.05, 0.1) is 6.04 Å². The molecule has 1 radical (unpaired) electrons. The van der Waals surface area contributed by atoms with Crippen molar-refractivity contribution in [1.29, 1.82) is 0 Å². The molecule has 0 aliphatic carbocycles. The van der Waals surface area contributed by atoms with Crippen molar-refractivity contribution in [3.05, 3.63) is 29.8 Å². The van der Waals surface area contributed by atoms with Crippen LogP contribution >= 0.6 is 0 Å². The summed E-state index contributed by atoms with van der Waals surface area (Å²) >= 11 is 0. The Bertz CT molecular complexity index is 359. The Morgan fingerprint density at radius 3 is 2.62 bits per heavy atom. The number of hydrogen-bond donors (Lipinski definition) is 2. The van der Waals surface area contributed by atoms with E-state index >= 15 is 0 Å². The largest absolute Gasteiger partial charge is 0.508 e. The molecule has 0 aliphatic rings. The Kier molecular flexibility index (Phi) is 4.51. The zero-order valence-electron chi connectivity index (χ0n) is 9.06. The van der Waals surface area contributed by atoms with Gasteiger partial charge < -0.3 is 10.4 Å². The summed E-state index contributed by atoms with van der Waals surface area (Å²) in [7, 11) is 0. The number of aryl methyl sites for hydroxylation is 1. The molecule has 0 saturated carbocycles. The number of phenols is 1. The standard InChI is InChI=1S/C12H14NO3/c1-9(8-14)13-12(16)7-4-10-2-5-11(15)6-3-10/h2-3,5-6,9,15H,4,7H2,1H3,(H,13,16)/t9-/m0/s1. The number of amides is 1. The highest BCUT2D eigenvalue weighted by Gasteiger charge is 2.06. The van der Waals surface area contributed by atoms with Crippen molar-refractivity contribution >= 4 is 12.2 Å². The Morgan fingerprint density at radius 1 is 1.44 bits per heavy atom. The lowest BCUT2D eigenvalue weighted by Gasteiger charge is -2.06. The van der Waals surface area contributed by atoms with E-state index in [2.05, 4.69) is 5.32 Å². The molecule has 0 heterocycles. The molecule has 16 heavy (non-hydrogen) atoms. The average molecular weight is 220 g/mol. The van der Waals surface area contributed by atoms with Crippen LogP contribution in [0.1, 0.15) is 18.9 Å². The van der Waals surface area contributed by atoms with Crippen molar-refractivity contribution in [3.63, 3.8) is 0 Å². The molecule has 2 N–H and O–H groups in total. The molecule has 0 spiro atoms. The van der Waals surface area contributed by atoms with Crippen LogP contribution in [-0.4, -0.2) is 23.3 Å². The predicted octanol–water partition coefficient (Wildman–Crippen LogP) is 0.939. The second-order valence-corrected chi connectivity index (χ2v) is 3.57. The van der Waals surface area contributed by atoms with Gasteiger partial charge in [0.1, 0.15) is 5.75 Å². The molecular weight excluding hydrogens is 206 g/mol. The molecule has 0 aromatic heterocycles. The summed E-state index contributed by atoms with van der Waals surface area (Å²) in [5, 5.41) is 11.6. The van der Waals surface area contributed by atoms with Gasteiger partial charge in [-0.15, -0.1) is 0 Å². The molecular formula is C12H14NO3. The van der Waals surface area contributed by atoms with E-state index in [-0.39, 0.29) is 11.7 Å². The number of phenolic OH excluding ortho intramolecular Hbond substituents is 1. The van der Waals surface area contributed by atoms with Crippen molar-refractivity contribution in [2.75, 3.05) is 0 Å². The van der Waals surface area contributed by atoms with Gasteiger partial charge in [0.15, 0.2) is 0 Å². The molecule has 1 aromatic rings. The maximum atomic E-state index is 11.3. The fourth-order valence-corrected chi connectivity index (χ4v) is 1.26. The minimum absolute atomic E-state index is 0.177. The normalized spacial score (nSPS) is 11.8. The molecule has 4 heteroatoms. The third kappa shape index (κ3) is 4.13. The highest BCUT2D eigenvalue weighted by Crippen LogP contribution is 2.10. The maximum absolute atomic E-state index is 11.3. The summed E-state index contributed by atoms with van der Waals surface area (Å²) in [5.74, 6) is 0.0290. The van der Waals surface area contributed by atoms with Crippen LogP contribution in [0.2, 0.25) is 0 Å². The fourth-order valence-electron chi connectivity index (χ4n) is 1.26. The van der Waals surface area contributed by atoms with Gasteiger partial charge in [-0.05, 0) is 31.0 Å². The number of benzene rings is 1. The van der Waals surface area contributed by atoms with Crippen molar-refractivity contribution < 1.29 is 14.7 Å². The minimum Gasteiger partial charge on any atom is -0.508 e. The SMILES string of the molecule is C[C@@H]([C]=O)NC(=O)CCc1ccc(O)cc1. The summed E-state index contributed by atoms with van der Waals surface area (Å²) in [4.78, 5) is 21.5. The number of carbonyl (C=O) groups excluding carboxylic acids is 2. The monoisotopic (exact) mass is 220 g/mol. The van der Waals surface area contributed by atoms with Crippen LogP contribution in [0.15, 0.2) is 24.3 Å². The van der Waals surface area contributed by atoms with Crippen LogP contribution in [0.25, 0.3) is 0 Å². The van der Waals surface area contributed by atoms with Gasteiger partial charge in [-0.1, -0.05) is 12.1 Å². The van der Waals surface area contributed by atoms with Crippen molar-refractivity contribution in [3.8, 4) is 5.75 Å². The second kappa shape index (κ2) is 5.90. The van der Waals surface area contributed by atoms with Crippen LogP contribution in [0.3, 0.4) is 0 Å². The van der Waals surface area contributed by atoms with Crippen LogP contribution < -0.4 is 5.32 Å². The van der Waals surface area contributed by atoms with Gasteiger partial charge in [0, 0.05) is 6.42 Å². The van der Waals surface area contributed by atoms with Gasteiger partial charge in [-0.25, -0.2) is 0 Å². The zero-order chi connectivity index (χ0) is 12.0. The van der Waals surface area contributed by atoms with E-state index < -0.39 is 6.04 Å². The Morgan fingerprint density at radius 2 is 2.06 bits per heavy atom. The highest BCUT2D eigenvalue weighted by molar-refractivity contribution is 5.79. The van der Waals surface area contributed by atoms with Crippen LogP contribution in [0.5, 0.6) is 5.75 Å². The van der Waals surface area contributed by atoms with Crippen LogP contribution in [0, 0.1) is 0 Å². The number of rotatable bonds is 5. The lowest BCUT2D eigenvalue weighted by atomic mass is 10.1.